The van der Waals surface area contributed by atoms with E-state index in [-0.39, 0.29) is 6.54 Å². The lowest BCUT2D eigenvalue weighted by Crippen LogP contribution is -2.25. The number of carbonyl (C=O) groups is 1. The summed E-state index contributed by atoms with van der Waals surface area (Å²) in [4.78, 5) is 15.9. The molecule has 8 heteroatoms. The fraction of sp³-hybridized carbons (Fsp3) is 0.143. The molecule has 1 aliphatic rings. The first kappa shape index (κ1) is 14.2. The van der Waals surface area contributed by atoms with Crippen LogP contribution in [0.3, 0.4) is 0 Å². The van der Waals surface area contributed by atoms with Crippen molar-refractivity contribution in [3.63, 3.8) is 0 Å². The first-order chi connectivity index (χ1) is 10.7. The van der Waals surface area contributed by atoms with Crippen molar-refractivity contribution >= 4 is 17.4 Å². The van der Waals surface area contributed by atoms with Gasteiger partial charge in [0.1, 0.15) is 17.4 Å². The van der Waals surface area contributed by atoms with Gasteiger partial charge in [0.05, 0.1) is 6.54 Å². The van der Waals surface area contributed by atoms with E-state index in [0.29, 0.717) is 12.4 Å². The lowest BCUT2D eigenvalue weighted by Gasteiger charge is -2.17. The van der Waals surface area contributed by atoms with Crippen LogP contribution in [-0.2, 0) is 11.3 Å². The molecule has 2 aromatic rings. The van der Waals surface area contributed by atoms with Crippen LogP contribution in [-0.4, -0.2) is 37.8 Å². The Hall–Kier alpha value is -2.74. The number of amides is 1. The van der Waals surface area contributed by atoms with E-state index in [4.69, 9.17) is 9.84 Å². The topological polar surface area (TPSA) is 88.4 Å². The summed E-state index contributed by atoms with van der Waals surface area (Å²) in [6.07, 6.45) is 7.22. The molecule has 0 aromatic carbocycles. The fourth-order valence-corrected chi connectivity index (χ4v) is 2.56. The van der Waals surface area contributed by atoms with Crippen LogP contribution in [0.4, 0.5) is 4.79 Å². The van der Waals surface area contributed by atoms with Gasteiger partial charge in [-0.25, -0.2) is 4.79 Å². The van der Waals surface area contributed by atoms with Gasteiger partial charge < -0.3 is 9.84 Å². The van der Waals surface area contributed by atoms with Gasteiger partial charge in [0.15, 0.2) is 5.01 Å². The molecule has 22 heavy (non-hydrogen) atoms. The Balaban J connectivity index is 1.58. The van der Waals surface area contributed by atoms with Crippen molar-refractivity contribution in [3.8, 4) is 10.6 Å². The number of hydrogen-bond donors (Lipinski definition) is 1. The summed E-state index contributed by atoms with van der Waals surface area (Å²) < 4.78 is 5.60. The number of pyridine rings is 1. The Morgan fingerprint density at radius 1 is 1.36 bits per heavy atom. The maximum atomic E-state index is 10.8. The van der Waals surface area contributed by atoms with E-state index in [2.05, 4.69) is 15.2 Å². The zero-order valence-electron chi connectivity index (χ0n) is 11.4. The lowest BCUT2D eigenvalue weighted by molar-refractivity contribution is 0.163. The van der Waals surface area contributed by atoms with Gasteiger partial charge >= 0.3 is 6.09 Å². The summed E-state index contributed by atoms with van der Waals surface area (Å²) >= 11 is 1.45. The molecular formula is C14H12N4O3S. The molecule has 0 bridgehead atoms. The number of nitrogens with zero attached hydrogens (tertiary/aromatic N) is 4. The van der Waals surface area contributed by atoms with Crippen LogP contribution in [0.15, 0.2) is 48.6 Å². The maximum Gasteiger partial charge on any atom is 0.411 e. The molecule has 112 valence electrons. The van der Waals surface area contributed by atoms with Crippen molar-refractivity contribution in [2.75, 3.05) is 6.54 Å². The third-order valence-corrected chi connectivity index (χ3v) is 3.86. The van der Waals surface area contributed by atoms with E-state index in [0.717, 1.165) is 15.6 Å². The van der Waals surface area contributed by atoms with E-state index in [1.165, 1.54) is 22.4 Å². The Labute approximate surface area is 130 Å². The van der Waals surface area contributed by atoms with Gasteiger partial charge in [-0.3, -0.25) is 9.88 Å². The van der Waals surface area contributed by atoms with Crippen LogP contribution < -0.4 is 0 Å². The minimum atomic E-state index is -0.988. The molecule has 0 saturated carbocycles. The van der Waals surface area contributed by atoms with E-state index < -0.39 is 6.09 Å². The molecular weight excluding hydrogens is 304 g/mol. The highest BCUT2D eigenvalue weighted by molar-refractivity contribution is 7.14. The number of aromatic nitrogens is 3. The normalized spacial score (nSPS) is 13.8. The van der Waals surface area contributed by atoms with Crippen molar-refractivity contribution < 1.29 is 14.6 Å². The number of carboxylic acid groups (broad SMARTS) is 1. The average molecular weight is 316 g/mol. The third-order valence-electron chi connectivity index (χ3n) is 2.91. The smallest absolute Gasteiger partial charge is 0.411 e. The number of allylic oxidation sites excluding steroid dienone is 1. The van der Waals surface area contributed by atoms with E-state index in [9.17, 15) is 4.79 Å². The molecule has 0 atom stereocenters. The van der Waals surface area contributed by atoms with E-state index in [1.807, 2.05) is 12.1 Å². The van der Waals surface area contributed by atoms with E-state index >= 15 is 0 Å². The number of rotatable bonds is 4. The predicted molar refractivity (Wildman–Crippen MR) is 79.9 cm³/mol. The molecule has 1 amide bonds. The Bertz CT molecular complexity index is 727. The number of ether oxygens (including phenoxy) is 1. The number of hydrogen-bond acceptors (Lipinski definition) is 6. The first-order valence-electron chi connectivity index (χ1n) is 6.46. The highest BCUT2D eigenvalue weighted by atomic mass is 32.1. The SMILES string of the molecule is O=C(O)N1C=CC(OCc2nnc(-c3ccncc3)s2)=CC1. The molecule has 0 aliphatic carbocycles. The Morgan fingerprint density at radius 3 is 2.86 bits per heavy atom. The summed E-state index contributed by atoms with van der Waals surface area (Å²) in [5.74, 6) is 0.623. The fourth-order valence-electron chi connectivity index (χ4n) is 1.80. The molecule has 1 N–H and O–H groups in total. The average Bonchev–Trinajstić information content (AvgIpc) is 3.03. The second kappa shape index (κ2) is 6.35. The summed E-state index contributed by atoms with van der Waals surface area (Å²) in [6, 6.07) is 3.75. The molecule has 7 nitrogen and oxygen atoms in total. The second-order valence-electron chi connectivity index (χ2n) is 4.38. The molecule has 2 aromatic heterocycles. The van der Waals surface area contributed by atoms with Gasteiger partial charge in [-0.2, -0.15) is 0 Å². The van der Waals surface area contributed by atoms with Gasteiger partial charge in [-0.15, -0.1) is 10.2 Å². The van der Waals surface area contributed by atoms with Gasteiger partial charge in [0.2, 0.25) is 0 Å². The molecule has 0 unspecified atom stereocenters. The standard InChI is InChI=1S/C14H12N4O3S/c19-14(20)18-7-3-11(4-8-18)21-9-12-16-17-13(22-12)10-1-5-15-6-2-10/h1-7H,8-9H2,(H,19,20). The predicted octanol–water partition coefficient (Wildman–Crippen LogP) is 2.51. The molecule has 3 rings (SSSR count). The Morgan fingerprint density at radius 2 is 2.18 bits per heavy atom. The second-order valence-corrected chi connectivity index (χ2v) is 5.44. The minimum absolute atomic E-state index is 0.277. The molecule has 0 saturated heterocycles. The minimum Gasteiger partial charge on any atom is -0.487 e. The van der Waals surface area contributed by atoms with Crippen molar-refractivity contribution in [3.05, 3.63) is 53.6 Å². The summed E-state index contributed by atoms with van der Waals surface area (Å²) in [7, 11) is 0. The van der Waals surface area contributed by atoms with Crippen LogP contribution in [0.25, 0.3) is 10.6 Å². The maximum absolute atomic E-state index is 10.8. The van der Waals surface area contributed by atoms with Crippen molar-refractivity contribution in [2.45, 2.75) is 6.61 Å². The zero-order valence-corrected chi connectivity index (χ0v) is 12.2. The van der Waals surface area contributed by atoms with Crippen LogP contribution in [0.5, 0.6) is 0 Å². The zero-order chi connectivity index (χ0) is 15.4. The quantitative estimate of drug-likeness (QED) is 0.932. The van der Waals surface area contributed by atoms with Crippen molar-refractivity contribution in [1.29, 1.82) is 0 Å². The molecule has 3 heterocycles. The van der Waals surface area contributed by atoms with E-state index in [1.54, 1.807) is 24.5 Å². The molecule has 0 fully saturated rings. The highest BCUT2D eigenvalue weighted by Gasteiger charge is 2.12. The van der Waals surface area contributed by atoms with Crippen LogP contribution in [0.1, 0.15) is 5.01 Å². The van der Waals surface area contributed by atoms with Gasteiger partial charge in [0.25, 0.3) is 0 Å². The van der Waals surface area contributed by atoms with Crippen LogP contribution in [0.2, 0.25) is 0 Å². The largest absolute Gasteiger partial charge is 0.487 e. The van der Waals surface area contributed by atoms with Gasteiger partial charge in [-0.05, 0) is 24.3 Å². The summed E-state index contributed by atoms with van der Waals surface area (Å²) in [5, 5.41) is 18.6. The highest BCUT2D eigenvalue weighted by Crippen LogP contribution is 2.23. The Kier molecular flexibility index (Phi) is 4.10. The molecule has 0 spiro atoms. The monoisotopic (exact) mass is 316 g/mol. The summed E-state index contributed by atoms with van der Waals surface area (Å²) in [6.45, 7) is 0.575. The summed E-state index contributed by atoms with van der Waals surface area (Å²) in [5.41, 5.74) is 0.965. The van der Waals surface area contributed by atoms with Gasteiger partial charge in [0, 0.05) is 24.2 Å². The van der Waals surface area contributed by atoms with Crippen LogP contribution >= 0.6 is 11.3 Å². The first-order valence-corrected chi connectivity index (χ1v) is 7.27. The molecule has 1 aliphatic heterocycles. The lowest BCUT2D eigenvalue weighted by atomic mass is 10.3. The van der Waals surface area contributed by atoms with Crippen LogP contribution in [0, 0.1) is 0 Å². The van der Waals surface area contributed by atoms with Crippen molar-refractivity contribution in [2.24, 2.45) is 0 Å². The van der Waals surface area contributed by atoms with Gasteiger partial charge in [-0.1, -0.05) is 11.3 Å². The third kappa shape index (κ3) is 3.29. The molecule has 0 radical (unpaired) electrons. The van der Waals surface area contributed by atoms with Crippen molar-refractivity contribution in [1.82, 2.24) is 20.1 Å².